The highest BCUT2D eigenvalue weighted by molar-refractivity contribution is 8.13. The molecule has 0 saturated carbocycles. The Morgan fingerprint density at radius 3 is 2.73 bits per heavy atom. The van der Waals surface area contributed by atoms with E-state index in [1.165, 1.54) is 18.1 Å². The number of rotatable bonds is 1. The van der Waals surface area contributed by atoms with Crippen LogP contribution >= 0.6 is 11.8 Å². The quantitative estimate of drug-likeness (QED) is 0.599. The molecule has 0 saturated heterocycles. The average molecular weight is 172 g/mol. The highest BCUT2D eigenvalue weighted by atomic mass is 32.2. The lowest BCUT2D eigenvalue weighted by atomic mass is 10.3. The fraction of sp³-hybridized carbons (Fsp3) is 0.875. The second-order valence-electron chi connectivity index (χ2n) is 3.01. The zero-order chi connectivity index (χ0) is 8.27. The first-order chi connectivity index (χ1) is 5.25. The molecule has 0 aromatic carbocycles. The first-order valence-electron chi connectivity index (χ1n) is 4.10. The molecule has 11 heavy (non-hydrogen) atoms. The lowest BCUT2D eigenvalue weighted by Gasteiger charge is -2.31. The van der Waals surface area contributed by atoms with Crippen LogP contribution in [-0.4, -0.2) is 35.5 Å². The zero-order valence-electron chi connectivity index (χ0n) is 7.50. The van der Waals surface area contributed by atoms with Gasteiger partial charge in [0, 0.05) is 19.1 Å². The molecule has 0 aromatic rings. The third-order valence-corrected chi connectivity index (χ3v) is 2.58. The third kappa shape index (κ3) is 2.12. The fourth-order valence-corrected chi connectivity index (χ4v) is 2.02. The van der Waals surface area contributed by atoms with Gasteiger partial charge < -0.3 is 4.90 Å². The third-order valence-electron chi connectivity index (χ3n) is 1.86. The van der Waals surface area contributed by atoms with Gasteiger partial charge in [0.05, 0.1) is 0 Å². The fourth-order valence-electron chi connectivity index (χ4n) is 1.26. The molecule has 0 spiro atoms. The first kappa shape index (κ1) is 8.91. The summed E-state index contributed by atoms with van der Waals surface area (Å²) in [5.41, 5.74) is 0. The van der Waals surface area contributed by atoms with Crippen LogP contribution in [-0.2, 0) is 0 Å². The van der Waals surface area contributed by atoms with Crippen molar-refractivity contribution in [1.29, 1.82) is 0 Å². The van der Waals surface area contributed by atoms with E-state index < -0.39 is 0 Å². The van der Waals surface area contributed by atoms with Crippen LogP contribution in [0.1, 0.15) is 20.3 Å². The minimum Gasteiger partial charge on any atom is -0.349 e. The second-order valence-corrected chi connectivity index (χ2v) is 3.78. The van der Waals surface area contributed by atoms with Gasteiger partial charge in [-0.25, -0.2) is 0 Å². The molecule has 2 nitrogen and oxygen atoms in total. The smallest absolute Gasteiger partial charge is 0.159 e. The SMILES string of the molecule is CSC1=NCCCN1C(C)C. The van der Waals surface area contributed by atoms with Crippen LogP contribution in [0.15, 0.2) is 4.99 Å². The molecule has 0 bridgehead atoms. The van der Waals surface area contributed by atoms with Crippen molar-refractivity contribution in [2.45, 2.75) is 26.3 Å². The van der Waals surface area contributed by atoms with Gasteiger partial charge in [-0.2, -0.15) is 0 Å². The van der Waals surface area contributed by atoms with Crippen LogP contribution in [0.2, 0.25) is 0 Å². The zero-order valence-corrected chi connectivity index (χ0v) is 8.32. The van der Waals surface area contributed by atoms with Crippen molar-refractivity contribution in [3.8, 4) is 0 Å². The molecule has 64 valence electrons. The number of thioether (sulfide) groups is 1. The Bertz CT molecular complexity index is 154. The van der Waals surface area contributed by atoms with Crippen LogP contribution in [0.4, 0.5) is 0 Å². The van der Waals surface area contributed by atoms with E-state index in [1.807, 2.05) is 0 Å². The summed E-state index contributed by atoms with van der Waals surface area (Å²) in [6.07, 6.45) is 3.31. The summed E-state index contributed by atoms with van der Waals surface area (Å²) in [5, 5.41) is 1.21. The summed E-state index contributed by atoms with van der Waals surface area (Å²) in [6, 6.07) is 0.599. The van der Waals surface area contributed by atoms with Crippen molar-refractivity contribution in [2.75, 3.05) is 19.3 Å². The molecule has 0 unspecified atom stereocenters. The molecule has 0 atom stereocenters. The van der Waals surface area contributed by atoms with E-state index in [0.717, 1.165) is 6.54 Å². The topological polar surface area (TPSA) is 15.6 Å². The van der Waals surface area contributed by atoms with Crippen molar-refractivity contribution in [2.24, 2.45) is 4.99 Å². The Morgan fingerprint density at radius 1 is 1.55 bits per heavy atom. The normalized spacial score (nSPS) is 18.9. The summed E-state index contributed by atoms with van der Waals surface area (Å²) in [6.45, 7) is 6.63. The second kappa shape index (κ2) is 4.00. The molecular weight excluding hydrogens is 156 g/mol. The van der Waals surface area contributed by atoms with Crippen molar-refractivity contribution in [3.63, 3.8) is 0 Å². The maximum Gasteiger partial charge on any atom is 0.159 e. The molecule has 0 N–H and O–H groups in total. The maximum atomic E-state index is 4.46. The van der Waals surface area contributed by atoms with Crippen molar-refractivity contribution in [3.05, 3.63) is 0 Å². The molecule has 0 aromatic heterocycles. The van der Waals surface area contributed by atoms with Crippen LogP contribution in [0.25, 0.3) is 0 Å². The Hall–Kier alpha value is -0.180. The predicted octanol–water partition coefficient (Wildman–Crippen LogP) is 1.82. The van der Waals surface area contributed by atoms with Crippen molar-refractivity contribution < 1.29 is 0 Å². The molecule has 0 radical (unpaired) electrons. The van der Waals surface area contributed by atoms with Gasteiger partial charge in [0.2, 0.25) is 0 Å². The highest BCUT2D eigenvalue weighted by Gasteiger charge is 2.16. The number of hydrogen-bond acceptors (Lipinski definition) is 3. The number of nitrogens with zero attached hydrogens (tertiary/aromatic N) is 2. The van der Waals surface area contributed by atoms with E-state index in [2.05, 4.69) is 30.0 Å². The average Bonchev–Trinajstić information content (AvgIpc) is 2.04. The molecule has 1 aliphatic heterocycles. The van der Waals surface area contributed by atoms with Crippen molar-refractivity contribution in [1.82, 2.24) is 4.90 Å². The minimum atomic E-state index is 0.599. The van der Waals surface area contributed by atoms with Crippen LogP contribution < -0.4 is 0 Å². The number of aliphatic imine (C=N–C) groups is 1. The standard InChI is InChI=1S/C8H16N2S/c1-7(2)10-6-4-5-9-8(10)11-3/h7H,4-6H2,1-3H3. The van der Waals surface area contributed by atoms with Gasteiger partial charge in [-0.05, 0) is 26.5 Å². The van der Waals surface area contributed by atoms with E-state index in [4.69, 9.17) is 0 Å². The predicted molar refractivity (Wildman–Crippen MR) is 52.3 cm³/mol. The maximum absolute atomic E-state index is 4.46. The molecule has 0 aliphatic carbocycles. The van der Waals surface area contributed by atoms with E-state index in [1.54, 1.807) is 11.8 Å². The lowest BCUT2D eigenvalue weighted by Crippen LogP contribution is -2.38. The van der Waals surface area contributed by atoms with Gasteiger partial charge >= 0.3 is 0 Å². The van der Waals surface area contributed by atoms with Gasteiger partial charge in [0.1, 0.15) is 0 Å². The van der Waals surface area contributed by atoms with Gasteiger partial charge in [-0.3, -0.25) is 4.99 Å². The Balaban J connectivity index is 2.62. The summed E-state index contributed by atoms with van der Waals surface area (Å²) < 4.78 is 0. The van der Waals surface area contributed by atoms with E-state index in [-0.39, 0.29) is 0 Å². The molecule has 1 aliphatic rings. The molecular formula is C8H16N2S. The molecule has 1 rings (SSSR count). The Labute approximate surface area is 73.1 Å². The summed E-state index contributed by atoms with van der Waals surface area (Å²) >= 11 is 1.76. The van der Waals surface area contributed by atoms with E-state index >= 15 is 0 Å². The Morgan fingerprint density at radius 2 is 2.27 bits per heavy atom. The minimum absolute atomic E-state index is 0.599. The molecule has 3 heteroatoms. The highest BCUT2D eigenvalue weighted by Crippen LogP contribution is 2.14. The van der Waals surface area contributed by atoms with E-state index in [0.29, 0.717) is 6.04 Å². The van der Waals surface area contributed by atoms with Gasteiger partial charge in [-0.15, -0.1) is 0 Å². The van der Waals surface area contributed by atoms with Crippen LogP contribution in [0, 0.1) is 0 Å². The summed E-state index contributed by atoms with van der Waals surface area (Å²) in [4.78, 5) is 6.83. The molecule has 0 fully saturated rings. The largest absolute Gasteiger partial charge is 0.349 e. The molecule has 1 heterocycles. The number of hydrogen-bond donors (Lipinski definition) is 0. The van der Waals surface area contributed by atoms with Gasteiger partial charge in [0.15, 0.2) is 5.17 Å². The number of amidine groups is 1. The first-order valence-corrected chi connectivity index (χ1v) is 5.33. The van der Waals surface area contributed by atoms with Crippen molar-refractivity contribution >= 4 is 16.9 Å². The monoisotopic (exact) mass is 172 g/mol. The van der Waals surface area contributed by atoms with Gasteiger partial charge in [0.25, 0.3) is 0 Å². The molecule has 0 amide bonds. The van der Waals surface area contributed by atoms with Crippen LogP contribution in [0.3, 0.4) is 0 Å². The van der Waals surface area contributed by atoms with Gasteiger partial charge in [-0.1, -0.05) is 11.8 Å². The Kier molecular flexibility index (Phi) is 3.24. The van der Waals surface area contributed by atoms with E-state index in [9.17, 15) is 0 Å². The lowest BCUT2D eigenvalue weighted by molar-refractivity contribution is 0.339. The summed E-state index contributed by atoms with van der Waals surface area (Å²) in [5.74, 6) is 0. The van der Waals surface area contributed by atoms with Crippen LogP contribution in [0.5, 0.6) is 0 Å². The summed E-state index contributed by atoms with van der Waals surface area (Å²) in [7, 11) is 0.